The maximum Gasteiger partial charge on any atom is 0.265 e. The van der Waals surface area contributed by atoms with Gasteiger partial charge in [-0.3, -0.25) is 4.55 Å². The van der Waals surface area contributed by atoms with E-state index < -0.39 is 10.1 Å². The minimum atomic E-state index is -3.76. The molecule has 0 aliphatic rings. The fraction of sp³-hybridized carbons (Fsp3) is 1.00. The van der Waals surface area contributed by atoms with Crippen LogP contribution in [-0.4, -0.2) is 29.7 Å². The maximum absolute atomic E-state index is 10.4. The summed E-state index contributed by atoms with van der Waals surface area (Å²) in [5.41, 5.74) is 0. The molecule has 0 aromatic carbocycles. The second-order valence-corrected chi connectivity index (χ2v) is 6.23. The molecule has 0 aliphatic heterocycles. The van der Waals surface area contributed by atoms with E-state index in [1.807, 2.05) is 0 Å². The lowest BCUT2D eigenvalue weighted by molar-refractivity contribution is 0.485. The highest BCUT2D eigenvalue weighted by atomic mass is 32.2. The number of rotatable bonds is 7. The van der Waals surface area contributed by atoms with Crippen molar-refractivity contribution in [3.8, 4) is 0 Å². The van der Waals surface area contributed by atoms with E-state index in [2.05, 4.69) is 13.8 Å². The van der Waals surface area contributed by atoms with Crippen molar-refractivity contribution in [3.05, 3.63) is 0 Å². The molecular weight excluding hydrogens is 208 g/mol. The van der Waals surface area contributed by atoms with E-state index in [9.17, 15) is 8.42 Å². The first-order chi connectivity index (χ1) is 5.95. The third-order valence-electron chi connectivity index (χ3n) is 1.71. The van der Waals surface area contributed by atoms with Gasteiger partial charge < -0.3 is 0 Å². The predicted octanol–water partition coefficient (Wildman–Crippen LogP) is 2.19. The van der Waals surface area contributed by atoms with Crippen molar-refractivity contribution in [2.45, 2.75) is 38.4 Å². The first-order valence-electron chi connectivity index (χ1n) is 4.52. The molecule has 0 bridgehead atoms. The third kappa shape index (κ3) is 10.2. The SMILES string of the molecule is CCCCC(C)SCCS(=O)(=O)O. The number of unbranched alkanes of at least 4 members (excludes halogenated alkanes) is 1. The van der Waals surface area contributed by atoms with Gasteiger partial charge in [0, 0.05) is 11.0 Å². The van der Waals surface area contributed by atoms with Crippen molar-refractivity contribution in [3.63, 3.8) is 0 Å². The molecule has 3 nitrogen and oxygen atoms in total. The van der Waals surface area contributed by atoms with Crippen molar-refractivity contribution in [2.24, 2.45) is 0 Å². The van der Waals surface area contributed by atoms with Gasteiger partial charge >= 0.3 is 0 Å². The molecule has 0 saturated carbocycles. The normalized spacial score (nSPS) is 14.4. The number of hydrogen-bond donors (Lipinski definition) is 1. The summed E-state index contributed by atoms with van der Waals surface area (Å²) in [5, 5.41) is 0.488. The Morgan fingerprint density at radius 2 is 2.08 bits per heavy atom. The number of hydrogen-bond acceptors (Lipinski definition) is 3. The molecule has 5 heteroatoms. The van der Waals surface area contributed by atoms with E-state index in [0.29, 0.717) is 11.0 Å². The highest BCUT2D eigenvalue weighted by molar-refractivity contribution is 8.00. The largest absolute Gasteiger partial charge is 0.286 e. The summed E-state index contributed by atoms with van der Waals surface area (Å²) in [7, 11) is -3.76. The minimum Gasteiger partial charge on any atom is -0.286 e. The van der Waals surface area contributed by atoms with E-state index in [4.69, 9.17) is 4.55 Å². The smallest absolute Gasteiger partial charge is 0.265 e. The van der Waals surface area contributed by atoms with Gasteiger partial charge in [-0.05, 0) is 6.42 Å². The summed E-state index contributed by atoms with van der Waals surface area (Å²) >= 11 is 1.60. The summed E-state index contributed by atoms with van der Waals surface area (Å²) in [6, 6.07) is 0. The molecule has 1 unspecified atom stereocenters. The molecule has 1 N–H and O–H groups in total. The molecule has 0 saturated heterocycles. The molecule has 0 radical (unpaired) electrons. The van der Waals surface area contributed by atoms with E-state index in [0.717, 1.165) is 6.42 Å². The Kier molecular flexibility index (Phi) is 6.81. The predicted molar refractivity (Wildman–Crippen MR) is 57.9 cm³/mol. The molecule has 80 valence electrons. The maximum atomic E-state index is 10.4. The van der Waals surface area contributed by atoms with Gasteiger partial charge in [0.1, 0.15) is 0 Å². The highest BCUT2D eigenvalue weighted by Crippen LogP contribution is 2.16. The van der Waals surface area contributed by atoms with Crippen molar-refractivity contribution >= 4 is 21.9 Å². The molecule has 13 heavy (non-hydrogen) atoms. The standard InChI is InChI=1S/C8H18O3S2/c1-3-4-5-8(2)12-6-7-13(9,10)11/h8H,3-7H2,1-2H3,(H,9,10,11). The fourth-order valence-corrected chi connectivity index (χ4v) is 2.89. The van der Waals surface area contributed by atoms with Gasteiger partial charge in [-0.15, -0.1) is 0 Å². The summed E-state index contributed by atoms with van der Waals surface area (Å²) in [6.45, 7) is 4.22. The zero-order valence-corrected chi connectivity index (χ0v) is 9.83. The molecule has 0 heterocycles. The summed E-state index contributed by atoms with van der Waals surface area (Å²) in [4.78, 5) is 0. The first kappa shape index (κ1) is 13.3. The van der Waals surface area contributed by atoms with Crippen LogP contribution >= 0.6 is 11.8 Å². The van der Waals surface area contributed by atoms with Crippen molar-refractivity contribution in [2.75, 3.05) is 11.5 Å². The van der Waals surface area contributed by atoms with Gasteiger partial charge in [0.25, 0.3) is 10.1 Å². The Bertz CT molecular complexity index is 211. The van der Waals surface area contributed by atoms with Gasteiger partial charge in [-0.2, -0.15) is 20.2 Å². The second kappa shape index (κ2) is 6.68. The zero-order chi connectivity index (χ0) is 10.3. The summed E-state index contributed by atoms with van der Waals surface area (Å²) in [5.74, 6) is 0.359. The first-order valence-corrected chi connectivity index (χ1v) is 7.18. The van der Waals surface area contributed by atoms with Gasteiger partial charge in [0.2, 0.25) is 0 Å². The molecule has 0 fully saturated rings. The lowest BCUT2D eigenvalue weighted by atomic mass is 10.2. The molecule has 0 amide bonds. The Labute approximate surface area is 85.0 Å². The topological polar surface area (TPSA) is 54.4 Å². The minimum absolute atomic E-state index is 0.131. The van der Waals surface area contributed by atoms with E-state index in [-0.39, 0.29) is 5.75 Å². The molecular formula is C8H18O3S2. The van der Waals surface area contributed by atoms with Crippen molar-refractivity contribution in [1.82, 2.24) is 0 Å². The molecule has 1 atom stereocenters. The lowest BCUT2D eigenvalue weighted by Crippen LogP contribution is -2.08. The quantitative estimate of drug-likeness (QED) is 0.676. The Hall–Kier alpha value is 0.260. The zero-order valence-electron chi connectivity index (χ0n) is 8.19. The van der Waals surface area contributed by atoms with Crippen LogP contribution < -0.4 is 0 Å². The molecule has 0 aromatic heterocycles. The van der Waals surface area contributed by atoms with Gasteiger partial charge in [0.05, 0.1) is 5.75 Å². The van der Waals surface area contributed by atoms with Crippen molar-refractivity contribution < 1.29 is 13.0 Å². The van der Waals surface area contributed by atoms with Gasteiger partial charge in [0.15, 0.2) is 0 Å². The second-order valence-electron chi connectivity index (χ2n) is 3.11. The molecule has 0 aliphatic carbocycles. The Balaban J connectivity index is 3.42. The van der Waals surface area contributed by atoms with Crippen LogP contribution in [0, 0.1) is 0 Å². The van der Waals surface area contributed by atoms with Crippen LogP contribution in [0.2, 0.25) is 0 Å². The van der Waals surface area contributed by atoms with Crippen LogP contribution in [0.3, 0.4) is 0 Å². The van der Waals surface area contributed by atoms with Crippen LogP contribution in [-0.2, 0) is 10.1 Å². The average Bonchev–Trinajstić information content (AvgIpc) is 1.98. The molecule has 0 aromatic rings. The van der Waals surface area contributed by atoms with E-state index in [1.165, 1.54) is 12.8 Å². The van der Waals surface area contributed by atoms with Gasteiger partial charge in [-0.25, -0.2) is 0 Å². The van der Waals surface area contributed by atoms with Gasteiger partial charge in [-0.1, -0.05) is 26.7 Å². The van der Waals surface area contributed by atoms with E-state index in [1.54, 1.807) is 11.8 Å². The van der Waals surface area contributed by atoms with Crippen LogP contribution in [0.15, 0.2) is 0 Å². The molecule has 0 rings (SSSR count). The lowest BCUT2D eigenvalue weighted by Gasteiger charge is -2.08. The van der Waals surface area contributed by atoms with Crippen LogP contribution in [0.25, 0.3) is 0 Å². The highest BCUT2D eigenvalue weighted by Gasteiger charge is 2.06. The monoisotopic (exact) mass is 226 g/mol. The summed E-state index contributed by atoms with van der Waals surface area (Å²) in [6.07, 6.45) is 3.47. The van der Waals surface area contributed by atoms with Crippen molar-refractivity contribution in [1.29, 1.82) is 0 Å². The van der Waals surface area contributed by atoms with E-state index >= 15 is 0 Å². The number of thioether (sulfide) groups is 1. The van der Waals surface area contributed by atoms with Crippen LogP contribution in [0.4, 0.5) is 0 Å². The Morgan fingerprint density at radius 1 is 1.46 bits per heavy atom. The Morgan fingerprint density at radius 3 is 2.54 bits per heavy atom. The average molecular weight is 226 g/mol. The molecule has 0 spiro atoms. The summed E-state index contributed by atoms with van der Waals surface area (Å²) < 4.78 is 29.2. The van der Waals surface area contributed by atoms with Crippen LogP contribution in [0.5, 0.6) is 0 Å². The fourth-order valence-electron chi connectivity index (χ4n) is 0.930. The van der Waals surface area contributed by atoms with Crippen LogP contribution in [0.1, 0.15) is 33.1 Å². The third-order valence-corrected chi connectivity index (χ3v) is 3.93.